The normalized spacial score (nSPS) is 13.6. The average molecular weight is 276 g/mol. The van der Waals surface area contributed by atoms with Crippen molar-refractivity contribution in [3.63, 3.8) is 0 Å². The predicted molar refractivity (Wildman–Crippen MR) is 76.5 cm³/mol. The van der Waals surface area contributed by atoms with E-state index in [1.54, 1.807) is 0 Å². The zero-order valence-electron chi connectivity index (χ0n) is 12.0. The van der Waals surface area contributed by atoms with Crippen molar-refractivity contribution in [2.24, 2.45) is 5.73 Å². The van der Waals surface area contributed by atoms with E-state index in [0.717, 1.165) is 16.7 Å². The average Bonchev–Trinajstić information content (AvgIpc) is 2.78. The molecule has 1 heterocycles. The molecule has 0 bridgehead atoms. The topological polar surface area (TPSA) is 89.3 Å². The van der Waals surface area contributed by atoms with E-state index in [4.69, 9.17) is 15.3 Å². The first-order valence-corrected chi connectivity index (χ1v) is 6.66. The number of carboxylic acid groups (broad SMARTS) is 1. The molecule has 0 spiro atoms. The van der Waals surface area contributed by atoms with Crippen LogP contribution in [0.5, 0.6) is 0 Å². The van der Waals surface area contributed by atoms with Gasteiger partial charge in [0.2, 0.25) is 5.89 Å². The number of benzene rings is 1. The van der Waals surface area contributed by atoms with Crippen LogP contribution in [0.2, 0.25) is 0 Å². The van der Waals surface area contributed by atoms with Gasteiger partial charge in [-0.05, 0) is 24.1 Å². The van der Waals surface area contributed by atoms with Crippen molar-refractivity contribution in [1.29, 1.82) is 0 Å². The Hall–Kier alpha value is -1.88. The van der Waals surface area contributed by atoms with Gasteiger partial charge in [0.1, 0.15) is 5.52 Å². The van der Waals surface area contributed by atoms with Crippen molar-refractivity contribution >= 4 is 17.1 Å². The Morgan fingerprint density at radius 3 is 2.75 bits per heavy atom. The van der Waals surface area contributed by atoms with E-state index in [-0.39, 0.29) is 17.9 Å². The molecule has 2 rings (SSSR count). The van der Waals surface area contributed by atoms with E-state index >= 15 is 0 Å². The molecule has 0 aliphatic heterocycles. The van der Waals surface area contributed by atoms with Gasteiger partial charge < -0.3 is 15.3 Å². The van der Waals surface area contributed by atoms with E-state index < -0.39 is 5.97 Å². The first kappa shape index (κ1) is 14.5. The number of carboxylic acids is 1. The minimum absolute atomic E-state index is 0.0608. The molecule has 0 saturated heterocycles. The van der Waals surface area contributed by atoms with Gasteiger partial charge in [-0.15, -0.1) is 0 Å². The summed E-state index contributed by atoms with van der Waals surface area (Å²) in [5.74, 6) is -0.151. The van der Waals surface area contributed by atoms with E-state index in [0.29, 0.717) is 12.3 Å². The zero-order valence-corrected chi connectivity index (χ0v) is 12.0. The van der Waals surface area contributed by atoms with Crippen molar-refractivity contribution in [3.8, 4) is 0 Å². The fourth-order valence-electron chi connectivity index (χ4n) is 1.94. The van der Waals surface area contributed by atoms with E-state index in [9.17, 15) is 4.79 Å². The van der Waals surface area contributed by atoms with E-state index in [2.05, 4.69) is 4.98 Å². The highest BCUT2D eigenvalue weighted by molar-refractivity contribution is 5.74. The molecule has 1 unspecified atom stereocenters. The summed E-state index contributed by atoms with van der Waals surface area (Å²) in [6.07, 6.45) is 0.468. The Morgan fingerprint density at radius 2 is 2.15 bits per heavy atom. The zero-order chi connectivity index (χ0) is 14.9. The number of fused-ring (bicyclic) bond motifs is 1. The van der Waals surface area contributed by atoms with E-state index in [1.807, 2.05) is 39.0 Å². The number of nitrogens with zero attached hydrogens (tertiary/aromatic N) is 1. The number of hydrogen-bond acceptors (Lipinski definition) is 4. The molecular formula is C15H20N2O3. The Kier molecular flexibility index (Phi) is 3.81. The molecule has 5 heteroatoms. The molecule has 5 nitrogen and oxygen atoms in total. The molecule has 0 fully saturated rings. The molecule has 0 amide bonds. The molecule has 1 atom stereocenters. The Balaban J connectivity index is 2.27. The van der Waals surface area contributed by atoms with Gasteiger partial charge in [-0.1, -0.05) is 26.8 Å². The maximum absolute atomic E-state index is 10.6. The van der Waals surface area contributed by atoms with Gasteiger partial charge >= 0.3 is 5.97 Å². The summed E-state index contributed by atoms with van der Waals surface area (Å²) in [7, 11) is 0. The fraction of sp³-hybridized carbons (Fsp3) is 0.467. The van der Waals surface area contributed by atoms with Gasteiger partial charge in [-0.2, -0.15) is 0 Å². The van der Waals surface area contributed by atoms with Crippen LogP contribution in [-0.4, -0.2) is 16.1 Å². The third-order valence-electron chi connectivity index (χ3n) is 3.15. The lowest BCUT2D eigenvalue weighted by atomic mass is 9.97. The number of rotatable bonds is 4. The van der Waals surface area contributed by atoms with Crippen LogP contribution in [0.25, 0.3) is 11.1 Å². The monoisotopic (exact) mass is 276 g/mol. The number of carbonyl (C=O) groups is 1. The molecule has 3 N–H and O–H groups in total. The third kappa shape index (κ3) is 3.17. The SMILES string of the molecule is CC(C)(C)c1nc2cc(C(N)CCC(=O)O)ccc2o1. The predicted octanol–water partition coefficient (Wildman–Crippen LogP) is 2.99. The largest absolute Gasteiger partial charge is 0.481 e. The number of aromatic nitrogens is 1. The number of nitrogens with two attached hydrogens (primary N) is 1. The first-order valence-electron chi connectivity index (χ1n) is 6.66. The van der Waals surface area contributed by atoms with Gasteiger partial charge in [0.05, 0.1) is 0 Å². The Labute approximate surface area is 117 Å². The minimum atomic E-state index is -0.835. The summed E-state index contributed by atoms with van der Waals surface area (Å²) in [4.78, 5) is 15.1. The lowest BCUT2D eigenvalue weighted by Gasteiger charge is -2.11. The quantitative estimate of drug-likeness (QED) is 0.896. The second-order valence-electron chi connectivity index (χ2n) is 6.04. The van der Waals surface area contributed by atoms with Crippen LogP contribution in [0.3, 0.4) is 0 Å². The molecule has 20 heavy (non-hydrogen) atoms. The molecule has 1 aromatic heterocycles. The Morgan fingerprint density at radius 1 is 1.45 bits per heavy atom. The summed E-state index contributed by atoms with van der Waals surface area (Å²) in [6.45, 7) is 6.12. The third-order valence-corrected chi connectivity index (χ3v) is 3.15. The minimum Gasteiger partial charge on any atom is -0.481 e. The summed E-state index contributed by atoms with van der Waals surface area (Å²) < 4.78 is 5.72. The van der Waals surface area contributed by atoms with Crippen molar-refractivity contribution in [3.05, 3.63) is 29.7 Å². The molecule has 108 valence electrons. The first-order chi connectivity index (χ1) is 9.27. The lowest BCUT2D eigenvalue weighted by Crippen LogP contribution is -2.12. The highest BCUT2D eigenvalue weighted by atomic mass is 16.4. The number of aliphatic carboxylic acids is 1. The molecule has 0 radical (unpaired) electrons. The van der Waals surface area contributed by atoms with Gasteiger partial charge in [-0.25, -0.2) is 4.98 Å². The van der Waals surface area contributed by atoms with Crippen LogP contribution in [0, 0.1) is 0 Å². The highest BCUT2D eigenvalue weighted by Crippen LogP contribution is 2.27. The van der Waals surface area contributed by atoms with Crippen LogP contribution in [0.15, 0.2) is 22.6 Å². The lowest BCUT2D eigenvalue weighted by molar-refractivity contribution is -0.137. The highest BCUT2D eigenvalue weighted by Gasteiger charge is 2.21. The number of hydrogen-bond donors (Lipinski definition) is 2. The van der Waals surface area contributed by atoms with Crippen LogP contribution in [-0.2, 0) is 10.2 Å². The summed E-state index contributed by atoms with van der Waals surface area (Å²) in [5.41, 5.74) is 8.23. The summed E-state index contributed by atoms with van der Waals surface area (Å²) in [5, 5.41) is 8.69. The standard InChI is InChI=1S/C15H20N2O3/c1-15(2,3)14-17-11-8-9(4-6-12(11)20-14)10(16)5-7-13(18)19/h4,6,8,10H,5,7,16H2,1-3H3,(H,18,19). The molecule has 0 aliphatic rings. The molecule has 2 aromatic rings. The molecular weight excluding hydrogens is 256 g/mol. The summed E-state index contributed by atoms with van der Waals surface area (Å²) >= 11 is 0. The maximum atomic E-state index is 10.6. The molecule has 1 aromatic carbocycles. The van der Waals surface area contributed by atoms with Crippen molar-refractivity contribution in [2.75, 3.05) is 0 Å². The van der Waals surface area contributed by atoms with Crippen LogP contribution < -0.4 is 5.73 Å². The molecule has 0 aliphatic carbocycles. The van der Waals surface area contributed by atoms with Gasteiger partial charge in [0.25, 0.3) is 0 Å². The van der Waals surface area contributed by atoms with Crippen molar-refractivity contribution < 1.29 is 14.3 Å². The van der Waals surface area contributed by atoms with Gasteiger partial charge in [0.15, 0.2) is 5.58 Å². The van der Waals surface area contributed by atoms with Crippen LogP contribution in [0.1, 0.15) is 51.1 Å². The molecule has 0 saturated carbocycles. The summed E-state index contributed by atoms with van der Waals surface area (Å²) in [6, 6.07) is 5.28. The van der Waals surface area contributed by atoms with Crippen molar-refractivity contribution in [2.45, 2.75) is 45.1 Å². The van der Waals surface area contributed by atoms with Crippen LogP contribution >= 0.6 is 0 Å². The second-order valence-corrected chi connectivity index (χ2v) is 6.04. The van der Waals surface area contributed by atoms with Crippen LogP contribution in [0.4, 0.5) is 0 Å². The number of oxazole rings is 1. The maximum Gasteiger partial charge on any atom is 0.303 e. The fourth-order valence-corrected chi connectivity index (χ4v) is 1.94. The smallest absolute Gasteiger partial charge is 0.303 e. The van der Waals surface area contributed by atoms with Gasteiger partial charge in [-0.3, -0.25) is 4.79 Å². The van der Waals surface area contributed by atoms with Crippen molar-refractivity contribution in [1.82, 2.24) is 4.98 Å². The van der Waals surface area contributed by atoms with E-state index in [1.165, 1.54) is 0 Å². The second kappa shape index (κ2) is 5.25. The Bertz CT molecular complexity index is 626. The van der Waals surface area contributed by atoms with Gasteiger partial charge in [0, 0.05) is 17.9 Å².